The molecule has 3 N–H and O–H groups in total. The first-order valence-corrected chi connectivity index (χ1v) is 6.67. The molecule has 20 heavy (non-hydrogen) atoms. The number of carbonyl (C=O) groups is 2. The lowest BCUT2D eigenvalue weighted by Crippen LogP contribution is -2.37. The summed E-state index contributed by atoms with van der Waals surface area (Å²) in [6.07, 6.45) is 0.828. The summed E-state index contributed by atoms with van der Waals surface area (Å²) in [6, 6.07) is 4.26. The molecule has 0 atom stereocenters. The van der Waals surface area contributed by atoms with Crippen molar-refractivity contribution < 1.29 is 14.0 Å². The van der Waals surface area contributed by atoms with E-state index in [-0.39, 0.29) is 23.7 Å². The molecule has 1 aromatic carbocycles. The highest BCUT2D eigenvalue weighted by molar-refractivity contribution is 6.01. The molecule has 1 rings (SSSR count). The number of anilines is 1. The molecule has 5 nitrogen and oxygen atoms in total. The van der Waals surface area contributed by atoms with Crippen LogP contribution in [0, 0.1) is 5.82 Å². The molecule has 0 radical (unpaired) electrons. The summed E-state index contributed by atoms with van der Waals surface area (Å²) in [5.74, 6) is -1.23. The molecular weight excluding hydrogens is 261 g/mol. The van der Waals surface area contributed by atoms with Crippen LogP contribution in [-0.4, -0.2) is 31.4 Å². The van der Waals surface area contributed by atoms with Crippen LogP contribution < -0.4 is 16.0 Å². The molecule has 0 aromatic heterocycles. The van der Waals surface area contributed by atoms with Crippen LogP contribution in [-0.2, 0) is 4.79 Å². The second kappa shape index (κ2) is 8.14. The highest BCUT2D eigenvalue weighted by Crippen LogP contribution is 2.19. The largest absolute Gasteiger partial charge is 0.382 e. The molecule has 0 spiro atoms. The van der Waals surface area contributed by atoms with E-state index in [1.54, 1.807) is 0 Å². The van der Waals surface area contributed by atoms with Crippen molar-refractivity contribution >= 4 is 17.5 Å². The van der Waals surface area contributed by atoms with Crippen molar-refractivity contribution in [3.8, 4) is 0 Å². The van der Waals surface area contributed by atoms with Gasteiger partial charge in [-0.3, -0.25) is 9.59 Å². The van der Waals surface area contributed by atoms with Crippen LogP contribution in [0.5, 0.6) is 0 Å². The third kappa shape index (κ3) is 4.53. The van der Waals surface area contributed by atoms with Crippen molar-refractivity contribution in [1.29, 1.82) is 0 Å². The molecule has 0 aliphatic rings. The highest BCUT2D eigenvalue weighted by atomic mass is 19.1. The number of hydrogen-bond donors (Lipinski definition) is 3. The quantitative estimate of drug-likeness (QED) is 0.709. The van der Waals surface area contributed by atoms with Gasteiger partial charge in [0.1, 0.15) is 5.82 Å². The maximum atomic E-state index is 13.6. The molecule has 6 heteroatoms. The van der Waals surface area contributed by atoms with E-state index in [0.29, 0.717) is 13.1 Å². The lowest BCUT2D eigenvalue weighted by atomic mass is 10.1. The van der Waals surface area contributed by atoms with Gasteiger partial charge >= 0.3 is 0 Å². The molecule has 0 bridgehead atoms. The average molecular weight is 281 g/mol. The Morgan fingerprint density at radius 3 is 2.60 bits per heavy atom. The van der Waals surface area contributed by atoms with Crippen LogP contribution in [0.4, 0.5) is 10.1 Å². The van der Waals surface area contributed by atoms with Gasteiger partial charge in [0.05, 0.1) is 17.8 Å². The number of amides is 2. The van der Waals surface area contributed by atoms with Gasteiger partial charge in [0.15, 0.2) is 0 Å². The normalized spacial score (nSPS) is 9.95. The standard InChI is InChI=1S/C14H20FN3O2/c1-3-8-17-12(19)9-18-14(20)10-6-5-7-11(15)13(10)16-4-2/h5-7,16H,3-4,8-9H2,1-2H3,(H,17,19)(H,18,20). The summed E-state index contributed by atoms with van der Waals surface area (Å²) in [5.41, 5.74) is 0.344. The average Bonchev–Trinajstić information content (AvgIpc) is 2.44. The van der Waals surface area contributed by atoms with Crippen LogP contribution in [0.3, 0.4) is 0 Å². The van der Waals surface area contributed by atoms with Crippen molar-refractivity contribution in [1.82, 2.24) is 10.6 Å². The van der Waals surface area contributed by atoms with Crippen LogP contribution >= 0.6 is 0 Å². The van der Waals surface area contributed by atoms with Crippen molar-refractivity contribution in [2.24, 2.45) is 0 Å². The van der Waals surface area contributed by atoms with Crippen molar-refractivity contribution in [2.45, 2.75) is 20.3 Å². The second-order valence-electron chi connectivity index (χ2n) is 4.23. The molecule has 0 aliphatic heterocycles. The first-order chi connectivity index (χ1) is 9.60. The molecule has 1 aromatic rings. The summed E-state index contributed by atoms with van der Waals surface area (Å²) < 4.78 is 13.6. The van der Waals surface area contributed by atoms with Gasteiger partial charge in [-0.1, -0.05) is 13.0 Å². The lowest BCUT2D eigenvalue weighted by molar-refractivity contribution is -0.120. The Balaban J connectivity index is 2.68. The van der Waals surface area contributed by atoms with E-state index in [1.807, 2.05) is 13.8 Å². The molecule has 0 saturated heterocycles. The number of nitrogens with one attached hydrogen (secondary N) is 3. The van der Waals surface area contributed by atoms with E-state index >= 15 is 0 Å². The zero-order valence-electron chi connectivity index (χ0n) is 11.8. The first kappa shape index (κ1) is 15.9. The first-order valence-electron chi connectivity index (χ1n) is 6.67. The zero-order chi connectivity index (χ0) is 15.0. The number of hydrogen-bond acceptors (Lipinski definition) is 3. The fourth-order valence-electron chi connectivity index (χ4n) is 1.65. The van der Waals surface area contributed by atoms with Gasteiger partial charge in [0.25, 0.3) is 5.91 Å². The Hall–Kier alpha value is -2.11. The molecule has 2 amide bonds. The van der Waals surface area contributed by atoms with Gasteiger partial charge < -0.3 is 16.0 Å². The summed E-state index contributed by atoms with van der Waals surface area (Å²) in [4.78, 5) is 23.4. The number of rotatable bonds is 7. The SMILES string of the molecule is CCCNC(=O)CNC(=O)c1cccc(F)c1NCC. The van der Waals surface area contributed by atoms with Gasteiger partial charge in [0.2, 0.25) is 5.91 Å². The number of halogens is 1. The van der Waals surface area contributed by atoms with Crippen molar-refractivity contribution in [3.05, 3.63) is 29.6 Å². The molecule has 0 unspecified atom stereocenters. The van der Waals surface area contributed by atoms with Crippen molar-refractivity contribution in [2.75, 3.05) is 25.0 Å². The Morgan fingerprint density at radius 1 is 1.20 bits per heavy atom. The Kier molecular flexibility index (Phi) is 6.49. The summed E-state index contributed by atoms with van der Waals surface area (Å²) in [6.45, 7) is 4.69. The molecule has 0 fully saturated rings. The van der Waals surface area contributed by atoms with Gasteiger partial charge in [-0.25, -0.2) is 4.39 Å². The minimum Gasteiger partial charge on any atom is -0.382 e. The van der Waals surface area contributed by atoms with Crippen LogP contribution in [0.15, 0.2) is 18.2 Å². The number of carbonyl (C=O) groups excluding carboxylic acids is 2. The van der Waals surface area contributed by atoms with E-state index in [4.69, 9.17) is 0 Å². The fourth-order valence-corrected chi connectivity index (χ4v) is 1.65. The third-order valence-corrected chi connectivity index (χ3v) is 2.59. The minimum absolute atomic E-state index is 0.124. The molecule has 110 valence electrons. The maximum absolute atomic E-state index is 13.6. The summed E-state index contributed by atoms with van der Waals surface area (Å²) >= 11 is 0. The van der Waals surface area contributed by atoms with Crippen LogP contribution in [0.1, 0.15) is 30.6 Å². The fraction of sp³-hybridized carbons (Fsp3) is 0.429. The van der Waals surface area contributed by atoms with E-state index in [2.05, 4.69) is 16.0 Å². The van der Waals surface area contributed by atoms with E-state index in [1.165, 1.54) is 18.2 Å². The Morgan fingerprint density at radius 2 is 1.95 bits per heavy atom. The summed E-state index contributed by atoms with van der Waals surface area (Å²) in [7, 11) is 0. The van der Waals surface area contributed by atoms with Gasteiger partial charge in [-0.2, -0.15) is 0 Å². The predicted molar refractivity (Wildman–Crippen MR) is 76.2 cm³/mol. The third-order valence-electron chi connectivity index (χ3n) is 2.59. The van der Waals surface area contributed by atoms with Crippen LogP contribution in [0.2, 0.25) is 0 Å². The Labute approximate surface area is 117 Å². The second-order valence-corrected chi connectivity index (χ2v) is 4.23. The smallest absolute Gasteiger partial charge is 0.253 e. The van der Waals surface area contributed by atoms with E-state index in [9.17, 15) is 14.0 Å². The molecule has 0 aliphatic carbocycles. The Bertz CT molecular complexity index is 477. The van der Waals surface area contributed by atoms with Gasteiger partial charge in [0, 0.05) is 13.1 Å². The van der Waals surface area contributed by atoms with Gasteiger partial charge in [-0.15, -0.1) is 0 Å². The van der Waals surface area contributed by atoms with E-state index in [0.717, 1.165) is 6.42 Å². The van der Waals surface area contributed by atoms with Crippen molar-refractivity contribution in [3.63, 3.8) is 0 Å². The monoisotopic (exact) mass is 281 g/mol. The predicted octanol–water partition coefficient (Wildman–Crippen LogP) is 1.51. The minimum atomic E-state index is -0.491. The van der Waals surface area contributed by atoms with E-state index < -0.39 is 11.7 Å². The van der Waals surface area contributed by atoms with Crippen LogP contribution in [0.25, 0.3) is 0 Å². The molecule has 0 heterocycles. The molecular formula is C14H20FN3O2. The zero-order valence-corrected chi connectivity index (χ0v) is 11.8. The maximum Gasteiger partial charge on any atom is 0.253 e. The number of benzene rings is 1. The summed E-state index contributed by atoms with van der Waals surface area (Å²) in [5, 5.41) is 7.93. The highest BCUT2D eigenvalue weighted by Gasteiger charge is 2.15. The lowest BCUT2D eigenvalue weighted by Gasteiger charge is -2.12. The topological polar surface area (TPSA) is 70.2 Å². The van der Waals surface area contributed by atoms with Gasteiger partial charge in [-0.05, 0) is 25.5 Å². The molecule has 0 saturated carbocycles. The number of para-hydroxylation sites is 1.